The van der Waals surface area contributed by atoms with Crippen LogP contribution in [-0.2, 0) is 25.7 Å². The Balaban J connectivity index is 1.55. The highest BCUT2D eigenvalue weighted by molar-refractivity contribution is 6.16. The molecule has 148 valence electrons. The number of ether oxygens (including phenoxy) is 1. The molecule has 1 aromatic rings. The molecule has 2 unspecified atom stereocenters. The first kappa shape index (κ1) is 18.4. The lowest BCUT2D eigenvalue weighted by Gasteiger charge is -2.45. The SMILES string of the molecule is CC1(C(=O)NCc2ccc(F)cc2)CN2CC3OCCN3C(=O)C2=C(O)C1=O. The van der Waals surface area contributed by atoms with E-state index >= 15 is 0 Å². The highest BCUT2D eigenvalue weighted by atomic mass is 19.1. The van der Waals surface area contributed by atoms with E-state index in [1.165, 1.54) is 36.1 Å². The Morgan fingerprint density at radius 3 is 2.79 bits per heavy atom. The van der Waals surface area contributed by atoms with Crippen LogP contribution in [0.25, 0.3) is 0 Å². The first-order valence-corrected chi connectivity index (χ1v) is 8.99. The molecule has 0 aromatic heterocycles. The highest BCUT2D eigenvalue weighted by Crippen LogP contribution is 2.36. The van der Waals surface area contributed by atoms with E-state index < -0.39 is 35.0 Å². The Morgan fingerprint density at radius 1 is 1.36 bits per heavy atom. The van der Waals surface area contributed by atoms with Crippen LogP contribution in [0.2, 0.25) is 0 Å². The second kappa shape index (κ2) is 6.59. The van der Waals surface area contributed by atoms with Crippen LogP contribution in [0.3, 0.4) is 0 Å². The van der Waals surface area contributed by atoms with Crippen LogP contribution < -0.4 is 5.32 Å². The summed E-state index contributed by atoms with van der Waals surface area (Å²) in [6, 6.07) is 5.63. The van der Waals surface area contributed by atoms with E-state index in [0.29, 0.717) is 18.7 Å². The molecule has 1 aromatic carbocycles. The fourth-order valence-corrected chi connectivity index (χ4v) is 3.83. The van der Waals surface area contributed by atoms with Gasteiger partial charge in [0.1, 0.15) is 23.2 Å². The van der Waals surface area contributed by atoms with Crippen LogP contribution in [0.5, 0.6) is 0 Å². The summed E-state index contributed by atoms with van der Waals surface area (Å²) in [5, 5.41) is 13.1. The zero-order valence-electron chi connectivity index (χ0n) is 15.3. The van der Waals surface area contributed by atoms with Gasteiger partial charge in [-0.25, -0.2) is 4.39 Å². The number of halogens is 1. The van der Waals surface area contributed by atoms with E-state index in [-0.39, 0.29) is 31.1 Å². The van der Waals surface area contributed by atoms with Crippen LogP contribution >= 0.6 is 0 Å². The Kier molecular flexibility index (Phi) is 4.34. The van der Waals surface area contributed by atoms with E-state index in [2.05, 4.69) is 5.32 Å². The summed E-state index contributed by atoms with van der Waals surface area (Å²) < 4.78 is 18.5. The van der Waals surface area contributed by atoms with Gasteiger partial charge in [-0.15, -0.1) is 0 Å². The fourth-order valence-electron chi connectivity index (χ4n) is 3.83. The quantitative estimate of drug-likeness (QED) is 0.722. The maximum atomic E-state index is 13.0. The zero-order chi connectivity index (χ0) is 20.1. The van der Waals surface area contributed by atoms with Gasteiger partial charge in [0.25, 0.3) is 5.91 Å². The average molecular weight is 389 g/mol. The minimum atomic E-state index is -1.56. The van der Waals surface area contributed by atoms with Crippen LogP contribution in [-0.4, -0.2) is 65.0 Å². The third kappa shape index (κ3) is 2.82. The van der Waals surface area contributed by atoms with Crippen molar-refractivity contribution in [1.82, 2.24) is 15.1 Å². The number of amides is 2. The lowest BCUT2D eigenvalue weighted by molar-refractivity contribution is -0.151. The lowest BCUT2D eigenvalue weighted by Crippen LogP contribution is -2.61. The third-order valence-corrected chi connectivity index (χ3v) is 5.46. The van der Waals surface area contributed by atoms with Gasteiger partial charge in [-0.05, 0) is 24.6 Å². The molecule has 3 aliphatic rings. The summed E-state index contributed by atoms with van der Waals surface area (Å²) >= 11 is 0. The maximum absolute atomic E-state index is 13.0. The summed E-state index contributed by atoms with van der Waals surface area (Å²) in [5.41, 5.74) is -0.963. The van der Waals surface area contributed by atoms with Gasteiger partial charge >= 0.3 is 0 Å². The van der Waals surface area contributed by atoms with Gasteiger partial charge in [0.05, 0.1) is 13.2 Å². The van der Waals surface area contributed by atoms with E-state index in [1.807, 2.05) is 0 Å². The molecule has 0 saturated carbocycles. The number of fused-ring (bicyclic) bond motifs is 2. The smallest absolute Gasteiger partial charge is 0.276 e. The van der Waals surface area contributed by atoms with Gasteiger partial charge in [0.2, 0.25) is 11.7 Å². The van der Waals surface area contributed by atoms with Crippen molar-refractivity contribution in [2.24, 2.45) is 5.41 Å². The Morgan fingerprint density at radius 2 is 2.07 bits per heavy atom. The molecule has 4 rings (SSSR count). The molecule has 0 aliphatic carbocycles. The van der Waals surface area contributed by atoms with Crippen LogP contribution in [0.15, 0.2) is 35.7 Å². The summed E-state index contributed by atoms with van der Waals surface area (Å²) in [5.74, 6) is -2.91. The molecule has 2 atom stereocenters. The van der Waals surface area contributed by atoms with E-state index in [9.17, 15) is 23.9 Å². The molecule has 2 amide bonds. The van der Waals surface area contributed by atoms with E-state index in [4.69, 9.17) is 4.74 Å². The van der Waals surface area contributed by atoms with Crippen LogP contribution in [0.1, 0.15) is 12.5 Å². The summed E-state index contributed by atoms with van der Waals surface area (Å²) in [7, 11) is 0. The minimum Gasteiger partial charge on any atom is -0.503 e. The number of benzene rings is 1. The number of rotatable bonds is 3. The van der Waals surface area contributed by atoms with Crippen LogP contribution in [0, 0.1) is 11.2 Å². The number of hydrogen-bond acceptors (Lipinski definition) is 6. The molecular weight excluding hydrogens is 369 g/mol. The Labute approximate surface area is 160 Å². The molecule has 3 heterocycles. The van der Waals surface area contributed by atoms with Gasteiger partial charge in [-0.3, -0.25) is 14.4 Å². The van der Waals surface area contributed by atoms with Crippen molar-refractivity contribution in [3.8, 4) is 0 Å². The van der Waals surface area contributed by atoms with Crippen molar-refractivity contribution in [2.75, 3.05) is 26.2 Å². The number of piperazine rings is 1. The molecule has 0 radical (unpaired) electrons. The number of ketones is 1. The molecule has 2 N–H and O–H groups in total. The van der Waals surface area contributed by atoms with Crippen molar-refractivity contribution in [3.05, 3.63) is 47.1 Å². The molecule has 3 aliphatic heterocycles. The third-order valence-electron chi connectivity index (χ3n) is 5.46. The topological polar surface area (TPSA) is 99.2 Å². The van der Waals surface area contributed by atoms with Crippen LogP contribution in [0.4, 0.5) is 4.39 Å². The Bertz CT molecular complexity index is 884. The summed E-state index contributed by atoms with van der Waals surface area (Å²) in [6.45, 7) is 2.57. The molecule has 9 heteroatoms. The number of hydrogen-bond donors (Lipinski definition) is 2. The monoisotopic (exact) mass is 389 g/mol. The highest BCUT2D eigenvalue weighted by Gasteiger charge is 2.54. The zero-order valence-corrected chi connectivity index (χ0v) is 15.3. The average Bonchev–Trinajstić information content (AvgIpc) is 3.14. The largest absolute Gasteiger partial charge is 0.503 e. The van der Waals surface area contributed by atoms with Gasteiger partial charge in [-0.1, -0.05) is 12.1 Å². The molecule has 0 bridgehead atoms. The number of carbonyl (C=O) groups excluding carboxylic acids is 3. The fraction of sp³-hybridized carbons (Fsp3) is 0.421. The van der Waals surface area contributed by atoms with Crippen molar-refractivity contribution in [2.45, 2.75) is 19.7 Å². The normalized spacial score (nSPS) is 27.0. The number of allylic oxidation sites excluding steroid dienone is 1. The number of Topliss-reactive ketones (excluding diaryl/α,β-unsaturated/α-hetero) is 1. The van der Waals surface area contributed by atoms with Gasteiger partial charge in [-0.2, -0.15) is 0 Å². The molecule has 28 heavy (non-hydrogen) atoms. The standard InChI is InChI=1S/C19H20FN3O5/c1-19(18(27)21-8-11-2-4-12(20)5-3-11)10-22-9-13-23(6-7-28-13)17(26)14(22)15(24)16(19)25/h2-5,13,24H,6-10H2,1H3,(H,21,27). The first-order chi connectivity index (χ1) is 13.3. The maximum Gasteiger partial charge on any atom is 0.276 e. The lowest BCUT2D eigenvalue weighted by atomic mass is 9.79. The van der Waals surface area contributed by atoms with Crippen molar-refractivity contribution < 1.29 is 28.6 Å². The Hall–Kier alpha value is -2.94. The summed E-state index contributed by atoms with van der Waals surface area (Å²) in [4.78, 5) is 41.2. The number of aliphatic hydroxyl groups excluding tert-OH is 1. The molecular formula is C19H20FN3O5. The van der Waals surface area contributed by atoms with Crippen molar-refractivity contribution >= 4 is 17.6 Å². The number of aliphatic hydroxyl groups is 1. The second-order valence-corrected chi connectivity index (χ2v) is 7.37. The minimum absolute atomic E-state index is 0.0417. The second-order valence-electron chi connectivity index (χ2n) is 7.37. The van der Waals surface area contributed by atoms with Gasteiger partial charge < -0.3 is 25.0 Å². The number of nitrogens with zero attached hydrogens (tertiary/aromatic N) is 2. The molecule has 0 spiro atoms. The number of nitrogens with one attached hydrogen (secondary N) is 1. The molecule has 2 fully saturated rings. The predicted molar refractivity (Wildman–Crippen MR) is 94.0 cm³/mol. The number of carbonyl (C=O) groups is 3. The van der Waals surface area contributed by atoms with Crippen molar-refractivity contribution in [3.63, 3.8) is 0 Å². The van der Waals surface area contributed by atoms with Gasteiger partial charge in [0.15, 0.2) is 5.76 Å². The molecule has 2 saturated heterocycles. The molecule has 8 nitrogen and oxygen atoms in total. The van der Waals surface area contributed by atoms with E-state index in [0.717, 1.165) is 0 Å². The van der Waals surface area contributed by atoms with Gasteiger partial charge in [0, 0.05) is 19.6 Å². The predicted octanol–water partition coefficient (Wildman–Crippen LogP) is 0.301. The van der Waals surface area contributed by atoms with Crippen molar-refractivity contribution in [1.29, 1.82) is 0 Å². The van der Waals surface area contributed by atoms with E-state index in [1.54, 1.807) is 4.90 Å². The summed E-state index contributed by atoms with van der Waals surface area (Å²) in [6.07, 6.45) is -0.455. The first-order valence-electron chi connectivity index (χ1n) is 8.99.